The molecule has 2 heterocycles. The molecule has 0 fully saturated rings. The van der Waals surface area contributed by atoms with Crippen molar-refractivity contribution in [2.75, 3.05) is 0 Å². The maximum Gasteiger partial charge on any atom is 0.332 e. The van der Waals surface area contributed by atoms with E-state index in [0.717, 1.165) is 4.57 Å². The fourth-order valence-electron chi connectivity index (χ4n) is 1.97. The van der Waals surface area contributed by atoms with Gasteiger partial charge in [0.2, 0.25) is 0 Å². The van der Waals surface area contributed by atoms with Gasteiger partial charge in [-0.05, 0) is 12.8 Å². The summed E-state index contributed by atoms with van der Waals surface area (Å²) in [6, 6.07) is 0. The first-order valence-corrected chi connectivity index (χ1v) is 6.39. The zero-order chi connectivity index (χ0) is 14.3. The smallest absolute Gasteiger partial charge is 0.332 e. The van der Waals surface area contributed by atoms with Crippen molar-refractivity contribution in [3.05, 3.63) is 26.7 Å². The van der Waals surface area contributed by atoms with Gasteiger partial charge in [-0.25, -0.2) is 9.78 Å². The Morgan fingerprint density at radius 3 is 2.47 bits per heavy atom. The van der Waals surface area contributed by atoms with Gasteiger partial charge < -0.3 is 12.6 Å². The highest BCUT2D eigenvalue weighted by atomic mass is 32.1. The molecule has 0 bridgehead atoms. The number of hydrogen-bond donors (Lipinski definition) is 0. The topological polar surface area (TPSA) is 69.8 Å². The maximum atomic E-state index is 12.2. The molecule has 0 radical (unpaired) electrons. The summed E-state index contributed by atoms with van der Waals surface area (Å²) in [5.74, 6) is 0.713. The molecular formula is C12H15N4O2S-. The Hall–Kier alpha value is -1.76. The van der Waals surface area contributed by atoms with Gasteiger partial charge in [-0.3, -0.25) is 18.9 Å². The van der Waals surface area contributed by atoms with Gasteiger partial charge >= 0.3 is 5.69 Å². The summed E-state index contributed by atoms with van der Waals surface area (Å²) in [7, 11) is 1.44. The minimum absolute atomic E-state index is 0.195. The van der Waals surface area contributed by atoms with E-state index in [-0.39, 0.29) is 22.0 Å². The summed E-state index contributed by atoms with van der Waals surface area (Å²) in [4.78, 5) is 32.6. The molecule has 2 aromatic rings. The summed E-state index contributed by atoms with van der Waals surface area (Å²) in [6.45, 7) is 6.16. The lowest BCUT2D eigenvalue weighted by Crippen LogP contribution is -2.39. The zero-order valence-electron chi connectivity index (χ0n) is 11.3. The fourth-order valence-corrected chi connectivity index (χ4v) is 2.28. The normalized spacial score (nSPS) is 11.4. The summed E-state index contributed by atoms with van der Waals surface area (Å²) >= 11 is 5.13. The van der Waals surface area contributed by atoms with Crippen LogP contribution in [0.2, 0.25) is 0 Å². The zero-order valence-corrected chi connectivity index (χ0v) is 12.1. The third kappa shape index (κ3) is 2.25. The highest BCUT2D eigenvalue weighted by Crippen LogP contribution is 2.11. The van der Waals surface area contributed by atoms with Gasteiger partial charge in [-0.2, -0.15) is 0 Å². The van der Waals surface area contributed by atoms with Crippen LogP contribution in [-0.4, -0.2) is 19.1 Å². The Morgan fingerprint density at radius 2 is 1.89 bits per heavy atom. The van der Waals surface area contributed by atoms with E-state index in [1.807, 2.05) is 13.8 Å². The molecule has 0 aliphatic heterocycles. The summed E-state index contributed by atoms with van der Waals surface area (Å²) in [5, 5.41) is 0.434. The number of fused-ring (bicyclic) bond motifs is 1. The molecule has 0 aliphatic rings. The van der Waals surface area contributed by atoms with Crippen molar-refractivity contribution in [2.45, 2.75) is 32.3 Å². The Morgan fingerprint density at radius 1 is 1.26 bits per heavy atom. The van der Waals surface area contributed by atoms with Crippen LogP contribution < -0.4 is 11.2 Å². The van der Waals surface area contributed by atoms with Gasteiger partial charge in [0, 0.05) is 13.6 Å². The van der Waals surface area contributed by atoms with Crippen LogP contribution in [0.5, 0.6) is 0 Å². The SMILES string of the molecule is Cc1nc([S-])c2c(=O)n(C)c(=O)n(CC(C)C)c2n1. The monoisotopic (exact) mass is 279 g/mol. The van der Waals surface area contributed by atoms with Gasteiger partial charge in [0.15, 0.2) is 5.65 Å². The van der Waals surface area contributed by atoms with E-state index in [1.54, 1.807) is 6.92 Å². The van der Waals surface area contributed by atoms with Crippen molar-refractivity contribution in [3.8, 4) is 0 Å². The van der Waals surface area contributed by atoms with Crippen molar-refractivity contribution < 1.29 is 0 Å². The molecular weight excluding hydrogens is 264 g/mol. The van der Waals surface area contributed by atoms with Crippen molar-refractivity contribution >= 4 is 23.7 Å². The number of rotatable bonds is 2. The molecule has 0 spiro atoms. The number of aromatic nitrogens is 4. The van der Waals surface area contributed by atoms with E-state index in [4.69, 9.17) is 12.6 Å². The molecule has 0 aromatic carbocycles. The minimum Gasteiger partial charge on any atom is -0.759 e. The van der Waals surface area contributed by atoms with Crippen LogP contribution >= 0.6 is 0 Å². The van der Waals surface area contributed by atoms with E-state index in [1.165, 1.54) is 11.6 Å². The number of hydrogen-bond acceptors (Lipinski definition) is 5. The van der Waals surface area contributed by atoms with Crippen molar-refractivity contribution in [3.63, 3.8) is 0 Å². The lowest BCUT2D eigenvalue weighted by molar-refractivity contribution is 0.498. The molecule has 19 heavy (non-hydrogen) atoms. The molecule has 6 nitrogen and oxygen atoms in total. The lowest BCUT2D eigenvalue weighted by Gasteiger charge is -2.16. The van der Waals surface area contributed by atoms with Gasteiger partial charge in [0.05, 0.1) is 5.39 Å². The average molecular weight is 279 g/mol. The largest absolute Gasteiger partial charge is 0.759 e. The molecule has 0 saturated heterocycles. The summed E-state index contributed by atoms with van der Waals surface area (Å²) in [6.07, 6.45) is 0. The molecule has 2 aromatic heterocycles. The first kappa shape index (κ1) is 13.7. The highest BCUT2D eigenvalue weighted by Gasteiger charge is 2.14. The third-order valence-electron chi connectivity index (χ3n) is 2.81. The first-order chi connectivity index (χ1) is 8.82. The Labute approximate surface area is 115 Å². The second-order valence-electron chi connectivity index (χ2n) is 4.93. The first-order valence-electron chi connectivity index (χ1n) is 5.98. The predicted molar refractivity (Wildman–Crippen MR) is 74.2 cm³/mol. The van der Waals surface area contributed by atoms with E-state index >= 15 is 0 Å². The molecule has 0 aliphatic carbocycles. The number of aryl methyl sites for hydroxylation is 1. The third-order valence-corrected chi connectivity index (χ3v) is 3.10. The standard InChI is InChI=1S/C12H16N4O2S/c1-6(2)5-16-9-8(10(19)14-7(3)13-9)11(17)15(4)12(16)18/h6H,5H2,1-4H3,(H,13,14,19)/p-1. The van der Waals surface area contributed by atoms with Crippen molar-refractivity contribution in [2.24, 2.45) is 13.0 Å². The van der Waals surface area contributed by atoms with Crippen LogP contribution in [0.25, 0.3) is 11.0 Å². The molecule has 0 atom stereocenters. The Balaban J connectivity index is 3.02. The molecule has 102 valence electrons. The van der Waals surface area contributed by atoms with E-state index in [9.17, 15) is 9.59 Å². The molecule has 0 unspecified atom stereocenters. The molecule has 2 rings (SSSR count). The Bertz CT molecular complexity index is 761. The van der Waals surface area contributed by atoms with Crippen molar-refractivity contribution in [1.29, 1.82) is 0 Å². The quantitative estimate of drug-likeness (QED) is 0.586. The molecule has 0 amide bonds. The van der Waals surface area contributed by atoms with Crippen LogP contribution in [0, 0.1) is 12.8 Å². The second-order valence-corrected chi connectivity index (χ2v) is 5.31. The summed E-state index contributed by atoms with van der Waals surface area (Å²) < 4.78 is 2.55. The van der Waals surface area contributed by atoms with Gasteiger partial charge in [0.25, 0.3) is 5.56 Å². The molecule has 0 saturated carbocycles. The Kier molecular flexibility index (Phi) is 3.40. The van der Waals surface area contributed by atoms with Gasteiger partial charge in [-0.15, -0.1) is 0 Å². The van der Waals surface area contributed by atoms with E-state index in [2.05, 4.69) is 9.97 Å². The van der Waals surface area contributed by atoms with Crippen LogP contribution in [0.1, 0.15) is 19.7 Å². The lowest BCUT2D eigenvalue weighted by atomic mass is 10.2. The van der Waals surface area contributed by atoms with Gasteiger partial charge in [0.1, 0.15) is 5.82 Å². The van der Waals surface area contributed by atoms with Crippen LogP contribution in [0.15, 0.2) is 14.6 Å². The second kappa shape index (κ2) is 4.73. The highest BCUT2D eigenvalue weighted by molar-refractivity contribution is 7.59. The van der Waals surface area contributed by atoms with Crippen molar-refractivity contribution in [1.82, 2.24) is 19.1 Å². The number of nitrogens with zero attached hydrogens (tertiary/aromatic N) is 4. The van der Waals surface area contributed by atoms with E-state index in [0.29, 0.717) is 18.0 Å². The van der Waals surface area contributed by atoms with Gasteiger partial charge in [-0.1, -0.05) is 18.9 Å². The maximum absolute atomic E-state index is 12.2. The predicted octanol–water partition coefficient (Wildman–Crippen LogP) is 0.360. The van der Waals surface area contributed by atoms with Crippen LogP contribution in [0.3, 0.4) is 0 Å². The minimum atomic E-state index is -0.440. The van der Waals surface area contributed by atoms with Crippen LogP contribution in [0.4, 0.5) is 0 Å². The van der Waals surface area contributed by atoms with Crippen LogP contribution in [-0.2, 0) is 26.2 Å². The molecule has 0 N–H and O–H groups in total. The molecule has 7 heteroatoms. The fraction of sp³-hybridized carbons (Fsp3) is 0.500. The van der Waals surface area contributed by atoms with E-state index < -0.39 is 5.56 Å². The average Bonchev–Trinajstić information content (AvgIpc) is 2.30. The summed E-state index contributed by atoms with van der Waals surface area (Å²) in [5.41, 5.74) is -0.483.